The first-order valence-corrected chi connectivity index (χ1v) is 6.79. The molecule has 0 atom stereocenters. The van der Waals surface area contributed by atoms with E-state index < -0.39 is 0 Å². The minimum absolute atomic E-state index is 1.02. The zero-order valence-corrected chi connectivity index (χ0v) is 11.4. The summed E-state index contributed by atoms with van der Waals surface area (Å²) >= 11 is 0. The summed E-state index contributed by atoms with van der Waals surface area (Å²) in [6, 6.07) is 8.68. The highest BCUT2D eigenvalue weighted by atomic mass is 14.8. The molecule has 1 N–H and O–H groups in total. The van der Waals surface area contributed by atoms with Gasteiger partial charge in [0.1, 0.15) is 0 Å². The molecule has 0 unspecified atom stereocenters. The van der Waals surface area contributed by atoms with E-state index in [1.54, 1.807) is 0 Å². The lowest BCUT2D eigenvalue weighted by atomic mass is 10.0. The van der Waals surface area contributed by atoms with Crippen LogP contribution in [0.5, 0.6) is 0 Å². The van der Waals surface area contributed by atoms with E-state index in [1.165, 1.54) is 23.1 Å². The molecule has 0 aliphatic rings. The second-order valence-corrected chi connectivity index (χ2v) is 4.39. The molecule has 1 aromatic carbocycles. The summed E-state index contributed by atoms with van der Waals surface area (Å²) < 4.78 is 0. The van der Waals surface area contributed by atoms with Gasteiger partial charge in [-0.15, -0.1) is 0 Å². The second kappa shape index (κ2) is 8.08. The Morgan fingerprint density at radius 3 is 2.59 bits per heavy atom. The van der Waals surface area contributed by atoms with Crippen molar-refractivity contribution in [2.75, 3.05) is 13.1 Å². The summed E-state index contributed by atoms with van der Waals surface area (Å²) in [5, 5.41) is 3.48. The number of aryl methyl sites for hydroxylation is 1. The van der Waals surface area contributed by atoms with Crippen LogP contribution in [-0.2, 0) is 6.42 Å². The van der Waals surface area contributed by atoms with E-state index in [2.05, 4.69) is 56.4 Å². The van der Waals surface area contributed by atoms with Crippen LogP contribution in [0.15, 0.2) is 29.8 Å². The fourth-order valence-corrected chi connectivity index (χ4v) is 1.92. The third-order valence-corrected chi connectivity index (χ3v) is 3.03. The molecule has 0 saturated carbocycles. The maximum atomic E-state index is 3.48. The van der Waals surface area contributed by atoms with Crippen LogP contribution in [0.1, 0.15) is 44.7 Å². The van der Waals surface area contributed by atoms with E-state index in [0.29, 0.717) is 0 Å². The van der Waals surface area contributed by atoms with Crippen molar-refractivity contribution in [2.24, 2.45) is 0 Å². The van der Waals surface area contributed by atoms with E-state index in [1.807, 2.05) is 0 Å². The molecule has 0 amide bonds. The molecule has 0 fully saturated rings. The van der Waals surface area contributed by atoms with Crippen LogP contribution in [0.25, 0.3) is 6.08 Å². The molecule has 0 spiro atoms. The second-order valence-electron chi connectivity index (χ2n) is 4.39. The van der Waals surface area contributed by atoms with Gasteiger partial charge in [-0.2, -0.15) is 0 Å². The average Bonchev–Trinajstić information content (AvgIpc) is 2.38. The largest absolute Gasteiger partial charge is 0.313 e. The molecular formula is C16H25N. The molecule has 1 aromatic rings. The molecule has 0 aromatic heterocycles. The lowest BCUT2D eigenvalue weighted by Gasteiger charge is -2.08. The summed E-state index contributed by atoms with van der Waals surface area (Å²) in [4.78, 5) is 0. The molecule has 0 aliphatic carbocycles. The van der Waals surface area contributed by atoms with E-state index in [0.717, 1.165) is 25.9 Å². The van der Waals surface area contributed by atoms with Crippen molar-refractivity contribution in [3.8, 4) is 0 Å². The van der Waals surface area contributed by atoms with Gasteiger partial charge >= 0.3 is 0 Å². The van der Waals surface area contributed by atoms with Crippen LogP contribution in [0.4, 0.5) is 0 Å². The molecule has 0 aliphatic heterocycles. The quantitative estimate of drug-likeness (QED) is 0.698. The Kier molecular flexibility index (Phi) is 6.64. The predicted molar refractivity (Wildman–Crippen MR) is 77.2 cm³/mol. The number of hydrogen-bond donors (Lipinski definition) is 1. The number of nitrogens with one attached hydrogen (secondary N) is 1. The van der Waals surface area contributed by atoms with E-state index in [9.17, 15) is 0 Å². The first-order chi connectivity index (χ1) is 8.31. The van der Waals surface area contributed by atoms with Crippen LogP contribution in [0.2, 0.25) is 0 Å². The Labute approximate surface area is 106 Å². The summed E-state index contributed by atoms with van der Waals surface area (Å²) in [7, 11) is 0. The van der Waals surface area contributed by atoms with Gasteiger partial charge in [0.05, 0.1) is 0 Å². The predicted octanol–water partition coefficient (Wildman–Crippen LogP) is 4.04. The summed E-state index contributed by atoms with van der Waals surface area (Å²) in [5.74, 6) is 0. The van der Waals surface area contributed by atoms with Crippen molar-refractivity contribution in [1.29, 1.82) is 0 Å². The molecule has 94 valence electrons. The Bertz CT molecular complexity index is 352. The highest BCUT2D eigenvalue weighted by Crippen LogP contribution is 2.15. The van der Waals surface area contributed by atoms with Gasteiger partial charge in [0.2, 0.25) is 0 Å². The van der Waals surface area contributed by atoms with Crippen LogP contribution in [0, 0.1) is 0 Å². The molecule has 0 radical (unpaired) electrons. The molecule has 0 saturated heterocycles. The van der Waals surface area contributed by atoms with Crippen molar-refractivity contribution in [3.63, 3.8) is 0 Å². The minimum Gasteiger partial charge on any atom is -0.313 e. The van der Waals surface area contributed by atoms with E-state index in [-0.39, 0.29) is 0 Å². The zero-order valence-electron chi connectivity index (χ0n) is 11.4. The average molecular weight is 231 g/mol. The number of rotatable bonds is 7. The fourth-order valence-electron chi connectivity index (χ4n) is 1.92. The van der Waals surface area contributed by atoms with Crippen molar-refractivity contribution >= 4 is 6.08 Å². The van der Waals surface area contributed by atoms with Gasteiger partial charge in [-0.05, 0) is 36.9 Å². The fraction of sp³-hybridized carbons (Fsp3) is 0.500. The molecule has 0 bridgehead atoms. The van der Waals surface area contributed by atoms with Crippen molar-refractivity contribution in [3.05, 3.63) is 41.0 Å². The molecule has 1 nitrogen and oxygen atoms in total. The monoisotopic (exact) mass is 231 g/mol. The normalized spacial score (nSPS) is 11.8. The maximum absolute atomic E-state index is 3.48. The van der Waals surface area contributed by atoms with Crippen LogP contribution in [-0.4, -0.2) is 13.1 Å². The van der Waals surface area contributed by atoms with Crippen LogP contribution in [0.3, 0.4) is 0 Å². The highest BCUT2D eigenvalue weighted by Gasteiger charge is 1.99. The van der Waals surface area contributed by atoms with Gasteiger partial charge in [0, 0.05) is 6.54 Å². The van der Waals surface area contributed by atoms with Crippen molar-refractivity contribution < 1.29 is 0 Å². The zero-order chi connectivity index (χ0) is 12.5. The lowest BCUT2D eigenvalue weighted by Crippen LogP contribution is -2.17. The van der Waals surface area contributed by atoms with Crippen molar-refractivity contribution in [1.82, 2.24) is 5.32 Å². The van der Waals surface area contributed by atoms with Crippen LogP contribution < -0.4 is 5.32 Å². The Morgan fingerprint density at radius 2 is 1.94 bits per heavy atom. The van der Waals surface area contributed by atoms with Gasteiger partial charge in [-0.25, -0.2) is 0 Å². The Hall–Kier alpha value is -1.08. The SMILES string of the molecule is CCCNCC(=Cc1ccccc1CC)CC. The third-order valence-electron chi connectivity index (χ3n) is 3.03. The Balaban J connectivity index is 2.75. The molecule has 0 heterocycles. The third kappa shape index (κ3) is 4.74. The minimum atomic E-state index is 1.02. The highest BCUT2D eigenvalue weighted by molar-refractivity contribution is 5.57. The summed E-state index contributed by atoms with van der Waals surface area (Å²) in [5.41, 5.74) is 4.30. The first kappa shape index (κ1) is 14.0. The summed E-state index contributed by atoms with van der Waals surface area (Å²) in [6.07, 6.45) is 5.77. The number of benzene rings is 1. The van der Waals surface area contributed by atoms with Gasteiger partial charge in [-0.3, -0.25) is 0 Å². The molecule has 1 heteroatoms. The molecule has 1 rings (SSSR count). The number of hydrogen-bond acceptors (Lipinski definition) is 1. The lowest BCUT2D eigenvalue weighted by molar-refractivity contribution is 0.706. The van der Waals surface area contributed by atoms with E-state index >= 15 is 0 Å². The standard InChI is InChI=1S/C16H25N/c1-4-11-17-13-14(5-2)12-16-10-8-7-9-15(16)6-3/h7-10,12,17H,4-6,11,13H2,1-3H3. The Morgan fingerprint density at radius 1 is 1.18 bits per heavy atom. The maximum Gasteiger partial charge on any atom is 0.0167 e. The topological polar surface area (TPSA) is 12.0 Å². The smallest absolute Gasteiger partial charge is 0.0167 e. The van der Waals surface area contributed by atoms with E-state index in [4.69, 9.17) is 0 Å². The summed E-state index contributed by atoms with van der Waals surface area (Å²) in [6.45, 7) is 8.77. The van der Waals surface area contributed by atoms with Crippen LogP contribution >= 0.6 is 0 Å². The van der Waals surface area contributed by atoms with Gasteiger partial charge < -0.3 is 5.32 Å². The van der Waals surface area contributed by atoms with Gasteiger partial charge in [-0.1, -0.05) is 56.7 Å². The van der Waals surface area contributed by atoms with Crippen molar-refractivity contribution in [2.45, 2.75) is 40.0 Å². The van der Waals surface area contributed by atoms with Gasteiger partial charge in [0.15, 0.2) is 0 Å². The van der Waals surface area contributed by atoms with Gasteiger partial charge in [0.25, 0.3) is 0 Å². The first-order valence-electron chi connectivity index (χ1n) is 6.79. The molecular weight excluding hydrogens is 206 g/mol. The molecule has 17 heavy (non-hydrogen) atoms.